The van der Waals surface area contributed by atoms with Crippen LogP contribution in [-0.2, 0) is 9.53 Å². The lowest BCUT2D eigenvalue weighted by atomic mass is 9.70. The average Bonchev–Trinajstić information content (AvgIpc) is 3.10. The van der Waals surface area contributed by atoms with Gasteiger partial charge in [0.05, 0.1) is 11.2 Å². The van der Waals surface area contributed by atoms with Gasteiger partial charge in [-0.1, -0.05) is 0 Å². The number of fused-ring (bicyclic) bond motifs is 1. The number of halogens is 3. The lowest BCUT2D eigenvalue weighted by Crippen LogP contribution is -2.59. The minimum absolute atomic E-state index is 0.0267. The minimum Gasteiger partial charge on any atom is -0.444 e. The molecule has 2 N–H and O–H groups in total. The number of carbonyl (C=O) groups excluding carboxylic acids is 2. The van der Waals surface area contributed by atoms with Crippen molar-refractivity contribution in [3.63, 3.8) is 0 Å². The van der Waals surface area contributed by atoms with E-state index in [4.69, 9.17) is 4.74 Å². The number of rotatable bonds is 5. The molecule has 1 atom stereocenters. The Bertz CT molecular complexity index is 1340. The fourth-order valence-electron chi connectivity index (χ4n) is 5.21. The van der Waals surface area contributed by atoms with E-state index in [1.165, 1.54) is 23.1 Å². The molecule has 1 aromatic heterocycles. The van der Waals surface area contributed by atoms with Crippen molar-refractivity contribution in [1.29, 1.82) is 0 Å². The predicted molar refractivity (Wildman–Crippen MR) is 133 cm³/mol. The molecule has 0 spiro atoms. The summed E-state index contributed by atoms with van der Waals surface area (Å²) >= 11 is 0. The highest BCUT2D eigenvalue weighted by Gasteiger charge is 2.41. The molecular formula is C28H30F3N3O3. The molecule has 2 fully saturated rings. The molecule has 1 saturated heterocycles. The van der Waals surface area contributed by atoms with Crippen LogP contribution in [0.25, 0.3) is 22.2 Å². The summed E-state index contributed by atoms with van der Waals surface area (Å²) in [6, 6.07) is 7.54. The van der Waals surface area contributed by atoms with Gasteiger partial charge in [0, 0.05) is 24.5 Å². The van der Waals surface area contributed by atoms with Gasteiger partial charge in [-0.3, -0.25) is 9.69 Å². The number of nitrogens with one attached hydrogen (secondary N) is 2. The van der Waals surface area contributed by atoms with E-state index in [1.54, 1.807) is 32.9 Å². The van der Waals surface area contributed by atoms with E-state index in [0.29, 0.717) is 36.2 Å². The SMILES string of the molecule is CC(C)(C)OC(=O)N1CC[C@H]1C(=O)NC[C@H]1C[C@H](c2c(-c3ccc(F)cc3)[nH]c3c(F)cc(F)cc32)C1. The second kappa shape index (κ2) is 9.43. The van der Waals surface area contributed by atoms with E-state index in [-0.39, 0.29) is 29.1 Å². The Kier molecular flexibility index (Phi) is 6.41. The highest BCUT2D eigenvalue weighted by atomic mass is 19.1. The zero-order chi connectivity index (χ0) is 26.5. The number of aromatic nitrogens is 1. The summed E-state index contributed by atoms with van der Waals surface area (Å²) in [4.78, 5) is 29.5. The van der Waals surface area contributed by atoms with E-state index >= 15 is 0 Å². The predicted octanol–water partition coefficient (Wildman–Crippen LogP) is 5.87. The molecule has 2 heterocycles. The van der Waals surface area contributed by atoms with Crippen LogP contribution in [0.15, 0.2) is 36.4 Å². The first-order valence-corrected chi connectivity index (χ1v) is 12.5. The fourth-order valence-corrected chi connectivity index (χ4v) is 5.21. The number of carbonyl (C=O) groups is 2. The van der Waals surface area contributed by atoms with Gasteiger partial charge in [-0.05, 0) is 93.3 Å². The van der Waals surface area contributed by atoms with Crippen LogP contribution in [0.3, 0.4) is 0 Å². The Balaban J connectivity index is 1.26. The van der Waals surface area contributed by atoms with Gasteiger partial charge in [0.1, 0.15) is 29.1 Å². The quantitative estimate of drug-likeness (QED) is 0.448. The van der Waals surface area contributed by atoms with Crippen LogP contribution in [0.5, 0.6) is 0 Å². The van der Waals surface area contributed by atoms with Gasteiger partial charge in [-0.15, -0.1) is 0 Å². The van der Waals surface area contributed by atoms with E-state index < -0.39 is 29.4 Å². The Morgan fingerprint density at radius 1 is 1.08 bits per heavy atom. The molecule has 5 rings (SSSR count). The number of ether oxygens (including phenoxy) is 1. The molecule has 1 saturated carbocycles. The van der Waals surface area contributed by atoms with Crippen molar-refractivity contribution in [3.05, 3.63) is 59.4 Å². The summed E-state index contributed by atoms with van der Waals surface area (Å²) in [6.45, 7) is 6.28. The van der Waals surface area contributed by atoms with Crippen molar-refractivity contribution < 1.29 is 27.5 Å². The number of hydrogen-bond donors (Lipinski definition) is 2. The third-order valence-electron chi connectivity index (χ3n) is 7.16. The van der Waals surface area contributed by atoms with Crippen molar-refractivity contribution in [3.8, 4) is 11.3 Å². The monoisotopic (exact) mass is 513 g/mol. The number of aromatic amines is 1. The van der Waals surface area contributed by atoms with Crippen LogP contribution >= 0.6 is 0 Å². The van der Waals surface area contributed by atoms with Crippen LogP contribution < -0.4 is 5.32 Å². The number of amides is 2. The molecule has 2 amide bonds. The van der Waals surface area contributed by atoms with E-state index in [0.717, 1.165) is 24.5 Å². The van der Waals surface area contributed by atoms with Crippen molar-refractivity contribution in [2.45, 2.75) is 57.6 Å². The van der Waals surface area contributed by atoms with Crippen molar-refractivity contribution >= 4 is 22.9 Å². The number of benzene rings is 2. The Labute approximate surface area is 213 Å². The lowest BCUT2D eigenvalue weighted by Gasteiger charge is -2.41. The molecule has 9 heteroatoms. The summed E-state index contributed by atoms with van der Waals surface area (Å²) in [6.07, 6.45) is 1.54. The first kappa shape index (κ1) is 25.2. The number of nitrogens with zero attached hydrogens (tertiary/aromatic N) is 1. The summed E-state index contributed by atoms with van der Waals surface area (Å²) in [5.74, 6) is -1.71. The first-order valence-electron chi connectivity index (χ1n) is 12.5. The number of hydrogen-bond acceptors (Lipinski definition) is 3. The Morgan fingerprint density at radius 3 is 2.41 bits per heavy atom. The topological polar surface area (TPSA) is 74.4 Å². The van der Waals surface area contributed by atoms with E-state index in [9.17, 15) is 22.8 Å². The zero-order valence-corrected chi connectivity index (χ0v) is 21.0. The molecule has 0 radical (unpaired) electrons. The summed E-state index contributed by atoms with van der Waals surface area (Å²) in [5.41, 5.74) is 1.73. The Morgan fingerprint density at radius 2 is 1.78 bits per heavy atom. The molecule has 2 aromatic carbocycles. The number of H-pyrrole nitrogens is 1. The molecule has 6 nitrogen and oxygen atoms in total. The second-order valence-corrected chi connectivity index (χ2v) is 11.0. The molecule has 37 heavy (non-hydrogen) atoms. The molecular weight excluding hydrogens is 483 g/mol. The minimum atomic E-state index is -0.678. The average molecular weight is 514 g/mol. The maximum atomic E-state index is 14.6. The molecule has 0 unspecified atom stereocenters. The highest BCUT2D eigenvalue weighted by molar-refractivity contribution is 5.92. The second-order valence-electron chi connectivity index (χ2n) is 11.0. The lowest BCUT2D eigenvalue weighted by molar-refractivity contribution is -0.130. The van der Waals surface area contributed by atoms with Crippen LogP contribution in [0.2, 0.25) is 0 Å². The zero-order valence-electron chi connectivity index (χ0n) is 21.0. The van der Waals surface area contributed by atoms with Crippen LogP contribution in [0, 0.1) is 23.4 Å². The van der Waals surface area contributed by atoms with Gasteiger partial charge >= 0.3 is 6.09 Å². The van der Waals surface area contributed by atoms with Crippen molar-refractivity contribution in [1.82, 2.24) is 15.2 Å². The maximum Gasteiger partial charge on any atom is 0.410 e. The van der Waals surface area contributed by atoms with Gasteiger partial charge in [0.15, 0.2) is 0 Å². The van der Waals surface area contributed by atoms with Crippen LogP contribution in [-0.4, -0.2) is 46.6 Å². The largest absolute Gasteiger partial charge is 0.444 e. The number of likely N-dealkylation sites (tertiary alicyclic amines) is 1. The van der Waals surface area contributed by atoms with Crippen molar-refractivity contribution in [2.24, 2.45) is 5.92 Å². The molecule has 1 aliphatic carbocycles. The van der Waals surface area contributed by atoms with E-state index in [2.05, 4.69) is 10.3 Å². The molecule has 2 aliphatic rings. The molecule has 3 aromatic rings. The maximum absolute atomic E-state index is 14.6. The summed E-state index contributed by atoms with van der Waals surface area (Å²) in [7, 11) is 0. The molecule has 1 aliphatic heterocycles. The first-order chi connectivity index (χ1) is 17.5. The third-order valence-corrected chi connectivity index (χ3v) is 7.16. The third kappa shape index (κ3) is 5.04. The normalized spacial score (nSPS) is 21.4. The van der Waals surface area contributed by atoms with Gasteiger partial charge in [-0.2, -0.15) is 0 Å². The van der Waals surface area contributed by atoms with Crippen molar-refractivity contribution in [2.75, 3.05) is 13.1 Å². The Hall–Kier alpha value is -3.49. The summed E-state index contributed by atoms with van der Waals surface area (Å²) in [5, 5.41) is 3.43. The molecule has 196 valence electrons. The van der Waals surface area contributed by atoms with Gasteiger partial charge in [-0.25, -0.2) is 18.0 Å². The van der Waals surface area contributed by atoms with Gasteiger partial charge in [0.2, 0.25) is 5.91 Å². The summed E-state index contributed by atoms with van der Waals surface area (Å²) < 4.78 is 47.6. The highest BCUT2D eigenvalue weighted by Crippen LogP contribution is 2.48. The molecule has 0 bridgehead atoms. The van der Waals surface area contributed by atoms with Crippen LogP contribution in [0.4, 0.5) is 18.0 Å². The van der Waals surface area contributed by atoms with Crippen LogP contribution in [0.1, 0.15) is 51.5 Å². The van der Waals surface area contributed by atoms with Gasteiger partial charge in [0.25, 0.3) is 0 Å². The van der Waals surface area contributed by atoms with E-state index in [1.807, 2.05) is 0 Å². The fraction of sp³-hybridized carbons (Fsp3) is 0.429. The standard InChI is InChI=1S/C28H30F3N3O3/c1-28(2,3)37-27(36)34-9-8-22(34)26(35)32-14-15-10-17(11-15)23-20-12-19(30)13-21(31)25(20)33-24(23)16-4-6-18(29)7-5-16/h4-7,12-13,15,17,22,33H,8-11,14H2,1-3H3,(H,32,35)/t15-,17-,22-/m0/s1. The van der Waals surface area contributed by atoms with Gasteiger partial charge < -0.3 is 15.0 Å². The smallest absolute Gasteiger partial charge is 0.410 e.